The van der Waals surface area contributed by atoms with E-state index in [9.17, 15) is 13.5 Å². The summed E-state index contributed by atoms with van der Waals surface area (Å²) < 4.78 is 26.2. The minimum Gasteiger partial charge on any atom is -0.389 e. The highest BCUT2D eigenvalue weighted by molar-refractivity contribution is 7.89. The van der Waals surface area contributed by atoms with Gasteiger partial charge in [-0.25, -0.2) is 8.42 Å². The first-order chi connectivity index (χ1) is 9.91. The summed E-state index contributed by atoms with van der Waals surface area (Å²) in [6.07, 6.45) is 2.65. The molecule has 2 aromatic rings. The van der Waals surface area contributed by atoms with Crippen LogP contribution in [0.5, 0.6) is 0 Å². The van der Waals surface area contributed by atoms with E-state index in [0.717, 1.165) is 5.56 Å². The fourth-order valence-electron chi connectivity index (χ4n) is 1.93. The van der Waals surface area contributed by atoms with Gasteiger partial charge in [0.15, 0.2) is 0 Å². The van der Waals surface area contributed by atoms with Crippen molar-refractivity contribution in [3.63, 3.8) is 0 Å². The second-order valence-corrected chi connectivity index (χ2v) is 6.91. The molecule has 0 aliphatic rings. The number of hydrogen-bond donors (Lipinski definition) is 1. The van der Waals surface area contributed by atoms with E-state index in [4.69, 9.17) is 0 Å². The fraction of sp³-hybridized carbons (Fsp3) is 0.267. The Morgan fingerprint density at radius 2 is 1.71 bits per heavy atom. The summed E-state index contributed by atoms with van der Waals surface area (Å²) in [6.45, 7) is 1.92. The summed E-state index contributed by atoms with van der Waals surface area (Å²) in [7, 11) is -2.01. The van der Waals surface area contributed by atoms with Gasteiger partial charge in [-0.05, 0) is 42.3 Å². The SMILES string of the molecule is CC(O)c1ccc(S(=O)(=O)N(C)Cc2ccncc2)cc1. The fourth-order valence-corrected chi connectivity index (χ4v) is 3.09. The smallest absolute Gasteiger partial charge is 0.243 e. The number of sulfonamides is 1. The van der Waals surface area contributed by atoms with Crippen molar-refractivity contribution >= 4 is 10.0 Å². The van der Waals surface area contributed by atoms with E-state index < -0.39 is 16.1 Å². The van der Waals surface area contributed by atoms with Gasteiger partial charge in [0, 0.05) is 26.0 Å². The first-order valence-electron chi connectivity index (χ1n) is 6.54. The number of hydrogen-bond acceptors (Lipinski definition) is 4. The van der Waals surface area contributed by atoms with Crippen LogP contribution in [0.2, 0.25) is 0 Å². The molecule has 1 aromatic carbocycles. The van der Waals surface area contributed by atoms with Crippen LogP contribution in [-0.2, 0) is 16.6 Å². The monoisotopic (exact) mass is 306 g/mol. The van der Waals surface area contributed by atoms with Crippen molar-refractivity contribution in [1.29, 1.82) is 0 Å². The third-order valence-electron chi connectivity index (χ3n) is 3.23. The number of aliphatic hydroxyl groups is 1. The molecule has 1 unspecified atom stereocenters. The summed E-state index contributed by atoms with van der Waals surface area (Å²) in [5.74, 6) is 0. The van der Waals surface area contributed by atoms with E-state index >= 15 is 0 Å². The maximum Gasteiger partial charge on any atom is 0.243 e. The molecular weight excluding hydrogens is 288 g/mol. The molecule has 21 heavy (non-hydrogen) atoms. The van der Waals surface area contributed by atoms with Crippen LogP contribution in [-0.4, -0.2) is 29.9 Å². The van der Waals surface area contributed by atoms with Gasteiger partial charge in [0.05, 0.1) is 11.0 Å². The predicted molar refractivity (Wildman–Crippen MR) is 80.0 cm³/mol. The summed E-state index contributed by atoms with van der Waals surface area (Å²) >= 11 is 0. The molecule has 0 saturated carbocycles. The average molecular weight is 306 g/mol. The lowest BCUT2D eigenvalue weighted by Gasteiger charge is -2.17. The molecule has 6 heteroatoms. The number of rotatable bonds is 5. The maximum atomic E-state index is 12.5. The Bertz CT molecular complexity index is 683. The molecule has 0 bridgehead atoms. The van der Waals surface area contributed by atoms with Gasteiger partial charge in [0.1, 0.15) is 0 Å². The summed E-state index contributed by atoms with van der Waals surface area (Å²) in [5.41, 5.74) is 1.56. The minimum atomic E-state index is -3.55. The zero-order chi connectivity index (χ0) is 15.5. The van der Waals surface area contributed by atoms with Crippen LogP contribution in [0.4, 0.5) is 0 Å². The molecule has 0 radical (unpaired) electrons. The summed E-state index contributed by atoms with van der Waals surface area (Å²) in [5, 5.41) is 9.46. The van der Waals surface area contributed by atoms with Gasteiger partial charge in [0.25, 0.3) is 0 Å². The lowest BCUT2D eigenvalue weighted by atomic mass is 10.1. The van der Waals surface area contributed by atoms with E-state index in [0.29, 0.717) is 5.56 Å². The van der Waals surface area contributed by atoms with Crippen LogP contribution in [0.1, 0.15) is 24.2 Å². The highest BCUT2D eigenvalue weighted by Gasteiger charge is 2.20. The van der Waals surface area contributed by atoms with Gasteiger partial charge in [0.2, 0.25) is 10.0 Å². The molecule has 1 atom stereocenters. The Labute approximate surface area is 124 Å². The Balaban J connectivity index is 2.20. The van der Waals surface area contributed by atoms with Gasteiger partial charge >= 0.3 is 0 Å². The zero-order valence-electron chi connectivity index (χ0n) is 12.0. The molecule has 1 heterocycles. The van der Waals surface area contributed by atoms with Crippen LogP contribution >= 0.6 is 0 Å². The van der Waals surface area contributed by atoms with Gasteiger partial charge in [-0.1, -0.05) is 12.1 Å². The second kappa shape index (κ2) is 6.34. The van der Waals surface area contributed by atoms with Gasteiger partial charge in [-0.2, -0.15) is 4.31 Å². The van der Waals surface area contributed by atoms with E-state index in [-0.39, 0.29) is 11.4 Å². The number of aromatic nitrogens is 1. The lowest BCUT2D eigenvalue weighted by molar-refractivity contribution is 0.199. The molecule has 0 fully saturated rings. The van der Waals surface area contributed by atoms with Crippen molar-refractivity contribution in [3.8, 4) is 0 Å². The third kappa shape index (κ3) is 3.66. The number of benzene rings is 1. The maximum absolute atomic E-state index is 12.5. The molecule has 2 rings (SSSR count). The molecular formula is C15H18N2O3S. The molecule has 1 N–H and O–H groups in total. The van der Waals surface area contributed by atoms with Crippen LogP contribution in [0.25, 0.3) is 0 Å². The van der Waals surface area contributed by atoms with Crippen LogP contribution in [0.15, 0.2) is 53.7 Å². The van der Waals surface area contributed by atoms with Crippen LogP contribution < -0.4 is 0 Å². The Morgan fingerprint density at radius 3 is 2.24 bits per heavy atom. The Morgan fingerprint density at radius 1 is 1.14 bits per heavy atom. The second-order valence-electron chi connectivity index (χ2n) is 4.86. The molecule has 5 nitrogen and oxygen atoms in total. The minimum absolute atomic E-state index is 0.212. The quantitative estimate of drug-likeness (QED) is 0.916. The van der Waals surface area contributed by atoms with E-state index in [2.05, 4.69) is 4.98 Å². The number of nitrogens with zero attached hydrogens (tertiary/aromatic N) is 2. The average Bonchev–Trinajstić information content (AvgIpc) is 2.48. The van der Waals surface area contributed by atoms with E-state index in [1.807, 2.05) is 0 Å². The normalized spacial score (nSPS) is 13.3. The van der Waals surface area contributed by atoms with Gasteiger partial charge in [-0.15, -0.1) is 0 Å². The third-order valence-corrected chi connectivity index (χ3v) is 5.04. The highest BCUT2D eigenvalue weighted by atomic mass is 32.2. The Kier molecular flexibility index (Phi) is 4.72. The van der Waals surface area contributed by atoms with E-state index in [1.165, 1.54) is 16.4 Å². The molecule has 112 valence electrons. The Hall–Kier alpha value is -1.76. The predicted octanol–water partition coefficient (Wildman–Crippen LogP) is 1.96. The molecule has 0 saturated heterocycles. The standard InChI is InChI=1S/C15H18N2O3S/c1-12(18)14-3-5-15(6-4-14)21(19,20)17(2)11-13-7-9-16-10-8-13/h3-10,12,18H,11H2,1-2H3. The van der Waals surface area contributed by atoms with Crippen molar-refractivity contribution in [2.24, 2.45) is 0 Å². The molecule has 0 spiro atoms. The van der Waals surface area contributed by atoms with E-state index in [1.54, 1.807) is 50.6 Å². The summed E-state index contributed by atoms with van der Waals surface area (Å²) in [4.78, 5) is 4.12. The van der Waals surface area contributed by atoms with Gasteiger partial charge in [-0.3, -0.25) is 4.98 Å². The first kappa shape index (κ1) is 15.6. The van der Waals surface area contributed by atoms with Gasteiger partial charge < -0.3 is 5.11 Å². The number of aliphatic hydroxyl groups excluding tert-OH is 1. The van der Waals surface area contributed by atoms with Crippen LogP contribution in [0, 0.1) is 0 Å². The zero-order valence-corrected chi connectivity index (χ0v) is 12.8. The van der Waals surface area contributed by atoms with Crippen molar-refractivity contribution in [1.82, 2.24) is 9.29 Å². The van der Waals surface area contributed by atoms with Crippen molar-refractivity contribution in [2.75, 3.05) is 7.05 Å². The van der Waals surface area contributed by atoms with Crippen LogP contribution in [0.3, 0.4) is 0 Å². The summed E-state index contributed by atoms with van der Waals surface area (Å²) in [6, 6.07) is 9.83. The first-order valence-corrected chi connectivity index (χ1v) is 7.98. The van der Waals surface area contributed by atoms with Crippen molar-refractivity contribution in [3.05, 3.63) is 59.9 Å². The lowest BCUT2D eigenvalue weighted by Crippen LogP contribution is -2.26. The highest BCUT2D eigenvalue weighted by Crippen LogP contribution is 2.19. The molecule has 0 aliphatic carbocycles. The topological polar surface area (TPSA) is 70.5 Å². The molecule has 0 aliphatic heterocycles. The molecule has 0 amide bonds. The largest absolute Gasteiger partial charge is 0.389 e. The van der Waals surface area contributed by atoms with Crippen molar-refractivity contribution in [2.45, 2.75) is 24.5 Å². The molecule has 1 aromatic heterocycles. The van der Waals surface area contributed by atoms with Crippen molar-refractivity contribution < 1.29 is 13.5 Å². The number of pyridine rings is 1.